The first-order valence-corrected chi connectivity index (χ1v) is 11.6. The number of hydrogen-bond donors (Lipinski definition) is 0. The largest absolute Gasteiger partial charge is 0.465 e. The number of rotatable bonds is 5. The van der Waals surface area contributed by atoms with Gasteiger partial charge in [0.2, 0.25) is 0 Å². The third kappa shape index (κ3) is 4.33. The number of unbranched alkanes of at least 4 members (excludes halogenated alkanes) is 1. The first-order chi connectivity index (χ1) is 14.9. The summed E-state index contributed by atoms with van der Waals surface area (Å²) < 4.78 is 48.5. The van der Waals surface area contributed by atoms with Crippen LogP contribution in [-0.2, 0) is 4.74 Å². The van der Waals surface area contributed by atoms with E-state index in [1.165, 1.54) is 44.6 Å². The molecule has 5 heteroatoms. The fourth-order valence-corrected chi connectivity index (χ4v) is 6.00. The van der Waals surface area contributed by atoms with Crippen molar-refractivity contribution in [1.82, 2.24) is 0 Å². The van der Waals surface area contributed by atoms with Gasteiger partial charge in [0, 0.05) is 0 Å². The van der Waals surface area contributed by atoms with Crippen molar-refractivity contribution in [3.63, 3.8) is 0 Å². The van der Waals surface area contributed by atoms with Gasteiger partial charge in [-0.1, -0.05) is 38.7 Å². The monoisotopic (exact) mass is 432 g/mol. The normalized spacial score (nSPS) is 26.0. The Labute approximate surface area is 182 Å². The molecular weight excluding hydrogens is 401 g/mol. The van der Waals surface area contributed by atoms with Gasteiger partial charge < -0.3 is 4.74 Å². The molecule has 2 aromatic carbocycles. The molecule has 0 heterocycles. The van der Waals surface area contributed by atoms with Crippen LogP contribution < -0.4 is 0 Å². The molecule has 0 N–H and O–H groups in total. The molecule has 2 aliphatic rings. The summed E-state index contributed by atoms with van der Waals surface area (Å²) in [5.41, 5.74) is -0.0387. The van der Waals surface area contributed by atoms with Gasteiger partial charge in [-0.3, -0.25) is 0 Å². The molecule has 2 aromatic rings. The fourth-order valence-electron chi connectivity index (χ4n) is 6.00. The van der Waals surface area contributed by atoms with Crippen LogP contribution in [0.15, 0.2) is 18.2 Å². The van der Waals surface area contributed by atoms with E-state index in [9.17, 15) is 18.0 Å². The van der Waals surface area contributed by atoms with E-state index in [2.05, 4.69) is 11.7 Å². The average Bonchev–Trinajstić information content (AvgIpc) is 2.76. The van der Waals surface area contributed by atoms with Gasteiger partial charge in [-0.25, -0.2) is 18.0 Å². The minimum Gasteiger partial charge on any atom is -0.465 e. The molecule has 31 heavy (non-hydrogen) atoms. The van der Waals surface area contributed by atoms with E-state index in [4.69, 9.17) is 0 Å². The van der Waals surface area contributed by atoms with Crippen LogP contribution in [0.3, 0.4) is 0 Å². The molecule has 2 unspecified atom stereocenters. The van der Waals surface area contributed by atoms with Crippen molar-refractivity contribution in [3.8, 4) is 0 Å². The van der Waals surface area contributed by atoms with E-state index in [-0.39, 0.29) is 16.7 Å². The van der Waals surface area contributed by atoms with Crippen molar-refractivity contribution < 1.29 is 22.7 Å². The van der Waals surface area contributed by atoms with E-state index in [1.54, 1.807) is 6.07 Å². The second-order valence-electron chi connectivity index (χ2n) is 9.49. The minimum atomic E-state index is -1.19. The van der Waals surface area contributed by atoms with Crippen LogP contribution in [0.2, 0.25) is 0 Å². The smallest absolute Gasteiger partial charge is 0.343 e. The summed E-state index contributed by atoms with van der Waals surface area (Å²) in [7, 11) is 1.04. The zero-order chi connectivity index (χ0) is 22.1. The Hall–Kier alpha value is -2.04. The van der Waals surface area contributed by atoms with Crippen LogP contribution in [0.1, 0.15) is 86.6 Å². The number of carbonyl (C=O) groups excluding carboxylic acids is 1. The molecular formula is C26H31F3O2. The molecule has 4 atom stereocenters. The highest BCUT2D eigenvalue weighted by atomic mass is 19.1. The average molecular weight is 433 g/mol. The summed E-state index contributed by atoms with van der Waals surface area (Å²) in [5.74, 6) is -1.64. The maximum absolute atomic E-state index is 14.9. The van der Waals surface area contributed by atoms with Crippen molar-refractivity contribution in [2.45, 2.75) is 70.6 Å². The molecule has 4 rings (SSSR count). The van der Waals surface area contributed by atoms with Crippen molar-refractivity contribution in [3.05, 3.63) is 46.8 Å². The highest BCUT2D eigenvalue weighted by Gasteiger charge is 2.36. The maximum atomic E-state index is 14.9. The lowest BCUT2D eigenvalue weighted by molar-refractivity contribution is 0.0590. The lowest BCUT2D eigenvalue weighted by atomic mass is 9.63. The second kappa shape index (κ2) is 9.22. The molecule has 0 aliphatic heterocycles. The minimum absolute atomic E-state index is 0.156. The SMILES string of the molecule is CCCCC1CC[C@@H]2CC(c3cc(F)c4c(F)c(C(=O)OC)c(F)cc4c3)CC[C@H]2C1. The second-order valence-corrected chi connectivity index (χ2v) is 9.49. The number of hydrogen-bond acceptors (Lipinski definition) is 2. The van der Waals surface area contributed by atoms with Crippen molar-refractivity contribution in [2.75, 3.05) is 7.11 Å². The topological polar surface area (TPSA) is 26.3 Å². The van der Waals surface area contributed by atoms with E-state index in [0.717, 1.165) is 49.8 Å². The summed E-state index contributed by atoms with van der Waals surface area (Å²) in [6.07, 6.45) is 10.9. The zero-order valence-electron chi connectivity index (χ0n) is 18.4. The van der Waals surface area contributed by atoms with Gasteiger partial charge in [-0.2, -0.15) is 0 Å². The van der Waals surface area contributed by atoms with Gasteiger partial charge in [0.05, 0.1) is 12.5 Å². The van der Waals surface area contributed by atoms with E-state index < -0.39 is 29.0 Å². The van der Waals surface area contributed by atoms with Gasteiger partial charge in [-0.15, -0.1) is 0 Å². The molecule has 0 amide bonds. The molecule has 2 saturated carbocycles. The highest BCUT2D eigenvalue weighted by molar-refractivity contribution is 5.96. The van der Waals surface area contributed by atoms with Crippen molar-refractivity contribution >= 4 is 16.7 Å². The molecule has 0 saturated heterocycles. The van der Waals surface area contributed by atoms with Gasteiger partial charge in [0.15, 0.2) is 5.82 Å². The summed E-state index contributed by atoms with van der Waals surface area (Å²) in [6, 6.07) is 4.12. The Morgan fingerprint density at radius 2 is 1.74 bits per heavy atom. The number of halogens is 3. The Balaban J connectivity index is 1.57. The van der Waals surface area contributed by atoms with Crippen LogP contribution in [0.5, 0.6) is 0 Å². The quantitative estimate of drug-likeness (QED) is 0.456. The number of carbonyl (C=O) groups is 1. The Kier molecular flexibility index (Phi) is 6.59. The Bertz CT molecular complexity index is 971. The predicted molar refractivity (Wildman–Crippen MR) is 116 cm³/mol. The number of benzene rings is 2. The summed E-state index contributed by atoms with van der Waals surface area (Å²) in [4.78, 5) is 11.7. The highest BCUT2D eigenvalue weighted by Crippen LogP contribution is 2.49. The van der Waals surface area contributed by atoms with Crippen LogP contribution >= 0.6 is 0 Å². The molecule has 0 aromatic heterocycles. The summed E-state index contributed by atoms with van der Waals surface area (Å²) in [6.45, 7) is 2.24. The first-order valence-electron chi connectivity index (χ1n) is 11.6. The molecule has 168 valence electrons. The fraction of sp³-hybridized carbons (Fsp3) is 0.577. The summed E-state index contributed by atoms with van der Waals surface area (Å²) in [5, 5.41) is -0.196. The predicted octanol–water partition coefficient (Wildman–Crippen LogP) is 7.53. The van der Waals surface area contributed by atoms with Crippen molar-refractivity contribution in [1.29, 1.82) is 0 Å². The number of fused-ring (bicyclic) bond motifs is 2. The van der Waals surface area contributed by atoms with Crippen LogP contribution in [0.25, 0.3) is 10.8 Å². The van der Waals surface area contributed by atoms with Crippen LogP contribution in [-0.4, -0.2) is 13.1 Å². The molecule has 2 aliphatic carbocycles. The Morgan fingerprint density at radius 1 is 1.00 bits per heavy atom. The van der Waals surface area contributed by atoms with Gasteiger partial charge in [-0.05, 0) is 78.9 Å². The zero-order valence-corrected chi connectivity index (χ0v) is 18.4. The van der Waals surface area contributed by atoms with E-state index >= 15 is 0 Å². The van der Waals surface area contributed by atoms with Crippen LogP contribution in [0, 0.1) is 35.2 Å². The van der Waals surface area contributed by atoms with Crippen LogP contribution in [0.4, 0.5) is 13.2 Å². The van der Waals surface area contributed by atoms with E-state index in [0.29, 0.717) is 5.92 Å². The lowest BCUT2D eigenvalue weighted by Gasteiger charge is -2.42. The molecule has 0 bridgehead atoms. The third-order valence-corrected chi connectivity index (χ3v) is 7.65. The van der Waals surface area contributed by atoms with Crippen molar-refractivity contribution in [2.24, 2.45) is 17.8 Å². The van der Waals surface area contributed by atoms with Gasteiger partial charge in [0.25, 0.3) is 0 Å². The Morgan fingerprint density at radius 3 is 2.48 bits per heavy atom. The third-order valence-electron chi connectivity index (χ3n) is 7.65. The molecule has 2 nitrogen and oxygen atoms in total. The maximum Gasteiger partial charge on any atom is 0.343 e. The first kappa shape index (κ1) is 22.2. The molecule has 0 radical (unpaired) electrons. The number of ether oxygens (including phenoxy) is 1. The summed E-state index contributed by atoms with van der Waals surface area (Å²) >= 11 is 0. The van der Waals surface area contributed by atoms with Gasteiger partial charge >= 0.3 is 5.97 Å². The number of methoxy groups -OCH3 is 1. The molecule has 2 fully saturated rings. The van der Waals surface area contributed by atoms with Gasteiger partial charge in [0.1, 0.15) is 17.2 Å². The molecule has 0 spiro atoms. The number of esters is 1. The van der Waals surface area contributed by atoms with E-state index in [1.807, 2.05) is 0 Å². The lowest BCUT2D eigenvalue weighted by Crippen LogP contribution is -2.30. The standard InChI is InChI=1S/C26H31F3O2/c1-3-4-5-15-6-7-17-11-18(9-8-16(17)10-15)19-12-20-14-22(28)24(26(30)31-2)25(29)23(20)21(27)13-19/h12-18H,3-11H2,1-2H3/t15?,16-,17+,18?/m0/s1.